The van der Waals surface area contributed by atoms with E-state index in [-0.39, 0.29) is 0 Å². The molecule has 0 saturated heterocycles. The average molecular weight is 208 g/mol. The molecule has 5 heteroatoms. The van der Waals surface area contributed by atoms with Crippen molar-refractivity contribution in [1.82, 2.24) is 15.2 Å². The van der Waals surface area contributed by atoms with Gasteiger partial charge in [-0.1, -0.05) is 6.92 Å². The van der Waals surface area contributed by atoms with Gasteiger partial charge >= 0.3 is 0 Å². The lowest BCUT2D eigenvalue weighted by molar-refractivity contribution is 1.10. The first-order valence-electron chi connectivity index (χ1n) is 4.48. The fourth-order valence-corrected chi connectivity index (χ4v) is 2.22. The number of nitrogens with zero attached hydrogens (tertiary/aromatic N) is 2. The van der Waals surface area contributed by atoms with E-state index >= 15 is 0 Å². The van der Waals surface area contributed by atoms with Crippen molar-refractivity contribution >= 4 is 17.2 Å². The first-order valence-corrected chi connectivity index (χ1v) is 5.29. The van der Waals surface area contributed by atoms with E-state index in [1.54, 1.807) is 11.3 Å². The van der Waals surface area contributed by atoms with Crippen LogP contribution in [0.2, 0.25) is 0 Å². The van der Waals surface area contributed by atoms with Crippen LogP contribution >= 0.6 is 11.3 Å². The number of H-pyrrole nitrogens is 1. The molecule has 2 heterocycles. The van der Waals surface area contributed by atoms with Gasteiger partial charge in [-0.05, 0) is 13.3 Å². The molecule has 3 N–H and O–H groups in total. The predicted molar refractivity (Wildman–Crippen MR) is 58.2 cm³/mol. The number of aryl methyl sites for hydroxylation is 1. The van der Waals surface area contributed by atoms with Gasteiger partial charge in [0, 0.05) is 11.8 Å². The molecule has 74 valence electrons. The Hall–Kier alpha value is -1.36. The van der Waals surface area contributed by atoms with E-state index in [9.17, 15) is 0 Å². The predicted octanol–water partition coefficient (Wildman–Crippen LogP) is 1.99. The Morgan fingerprint density at radius 3 is 2.93 bits per heavy atom. The molecule has 0 radical (unpaired) electrons. The number of nitrogen functional groups attached to an aromatic ring is 1. The fraction of sp³-hybridized carbons (Fsp3) is 0.333. The smallest absolute Gasteiger partial charge is 0.149 e. The zero-order valence-corrected chi connectivity index (χ0v) is 8.98. The zero-order valence-electron chi connectivity index (χ0n) is 8.16. The number of anilines is 1. The van der Waals surface area contributed by atoms with Gasteiger partial charge in [0.2, 0.25) is 0 Å². The molecule has 4 nitrogen and oxygen atoms in total. The molecule has 0 aromatic carbocycles. The summed E-state index contributed by atoms with van der Waals surface area (Å²) in [4.78, 5) is 5.31. The molecule has 0 aliphatic carbocycles. The number of aromatic amines is 1. The molecule has 14 heavy (non-hydrogen) atoms. The van der Waals surface area contributed by atoms with Crippen molar-refractivity contribution in [2.24, 2.45) is 0 Å². The van der Waals surface area contributed by atoms with Gasteiger partial charge in [0.25, 0.3) is 0 Å². The Balaban J connectivity index is 2.51. The van der Waals surface area contributed by atoms with Crippen LogP contribution in [0.15, 0.2) is 6.20 Å². The second-order valence-corrected chi connectivity index (χ2v) is 4.29. The van der Waals surface area contributed by atoms with Gasteiger partial charge in [0.05, 0.1) is 15.6 Å². The van der Waals surface area contributed by atoms with E-state index in [2.05, 4.69) is 22.1 Å². The molecule has 0 unspecified atom stereocenters. The first-order chi connectivity index (χ1) is 6.72. The lowest BCUT2D eigenvalue weighted by Crippen LogP contribution is -1.90. The highest BCUT2D eigenvalue weighted by Crippen LogP contribution is 2.29. The second-order valence-electron chi connectivity index (χ2n) is 3.06. The van der Waals surface area contributed by atoms with Gasteiger partial charge < -0.3 is 5.73 Å². The Bertz CT molecular complexity index is 443. The van der Waals surface area contributed by atoms with Crippen molar-refractivity contribution in [3.8, 4) is 10.6 Å². The number of nitrogens with one attached hydrogen (secondary N) is 1. The van der Waals surface area contributed by atoms with Crippen LogP contribution in [-0.2, 0) is 6.42 Å². The molecule has 2 aromatic rings. The Morgan fingerprint density at radius 2 is 2.36 bits per heavy atom. The molecule has 0 amide bonds. The third-order valence-corrected chi connectivity index (χ3v) is 3.05. The highest BCUT2D eigenvalue weighted by Gasteiger charge is 2.12. The number of hydrogen-bond acceptors (Lipinski definition) is 4. The minimum Gasteiger partial charge on any atom is -0.382 e. The summed E-state index contributed by atoms with van der Waals surface area (Å²) in [5, 5.41) is 8.01. The summed E-state index contributed by atoms with van der Waals surface area (Å²) in [6.07, 6.45) is 2.74. The summed E-state index contributed by atoms with van der Waals surface area (Å²) in [7, 11) is 0. The van der Waals surface area contributed by atoms with Gasteiger partial charge in [-0.2, -0.15) is 5.10 Å². The van der Waals surface area contributed by atoms with Crippen molar-refractivity contribution in [2.45, 2.75) is 20.3 Å². The van der Waals surface area contributed by atoms with Gasteiger partial charge in [-0.3, -0.25) is 5.10 Å². The normalized spacial score (nSPS) is 10.7. The Labute approximate surface area is 86.2 Å². The topological polar surface area (TPSA) is 67.6 Å². The zero-order chi connectivity index (χ0) is 10.1. The third-order valence-electron chi connectivity index (χ3n) is 2.12. The van der Waals surface area contributed by atoms with Crippen LogP contribution in [0.3, 0.4) is 0 Å². The third kappa shape index (κ3) is 1.39. The van der Waals surface area contributed by atoms with Crippen LogP contribution in [0.25, 0.3) is 10.6 Å². The van der Waals surface area contributed by atoms with Gasteiger partial charge in [0.15, 0.2) is 0 Å². The quantitative estimate of drug-likeness (QED) is 0.793. The van der Waals surface area contributed by atoms with Crippen molar-refractivity contribution < 1.29 is 0 Å². The fourth-order valence-electron chi connectivity index (χ4n) is 1.42. The maximum atomic E-state index is 5.74. The summed E-state index contributed by atoms with van der Waals surface area (Å²) in [6.45, 7) is 4.05. The standard InChI is InChI=1S/C9H12N4S/c1-3-6-8(12-13-9(6)10)7-4-11-5(2)14-7/h4H,3H2,1-2H3,(H3,10,12,13). The first kappa shape index (κ1) is 9.21. The number of nitrogens with two attached hydrogens (primary N) is 1. The van der Waals surface area contributed by atoms with Crippen LogP contribution in [0.4, 0.5) is 5.82 Å². The van der Waals surface area contributed by atoms with Gasteiger partial charge in [0.1, 0.15) is 5.82 Å². The van der Waals surface area contributed by atoms with Crippen LogP contribution in [-0.4, -0.2) is 15.2 Å². The van der Waals surface area contributed by atoms with E-state index in [4.69, 9.17) is 5.73 Å². The van der Waals surface area contributed by atoms with E-state index in [1.165, 1.54) is 0 Å². The molecule has 0 bridgehead atoms. The highest BCUT2D eigenvalue weighted by atomic mass is 32.1. The maximum absolute atomic E-state index is 5.74. The summed E-state index contributed by atoms with van der Waals surface area (Å²) in [5.74, 6) is 0.591. The lowest BCUT2D eigenvalue weighted by Gasteiger charge is -1.96. The molecule has 0 saturated carbocycles. The molecule has 2 aromatic heterocycles. The van der Waals surface area contributed by atoms with E-state index < -0.39 is 0 Å². The van der Waals surface area contributed by atoms with Crippen molar-refractivity contribution in [1.29, 1.82) is 0 Å². The number of hydrogen-bond donors (Lipinski definition) is 2. The number of thiazole rings is 1. The van der Waals surface area contributed by atoms with Gasteiger partial charge in [-0.25, -0.2) is 4.98 Å². The number of rotatable bonds is 2. The van der Waals surface area contributed by atoms with Crippen LogP contribution < -0.4 is 5.73 Å². The SMILES string of the molecule is CCc1c(N)n[nH]c1-c1cnc(C)s1. The monoisotopic (exact) mass is 208 g/mol. The average Bonchev–Trinajstić information content (AvgIpc) is 2.71. The van der Waals surface area contributed by atoms with Crippen LogP contribution in [0.1, 0.15) is 17.5 Å². The summed E-state index contributed by atoms with van der Waals surface area (Å²) >= 11 is 1.65. The molecular weight excluding hydrogens is 196 g/mol. The van der Waals surface area contributed by atoms with Crippen LogP contribution in [0, 0.1) is 6.92 Å². The summed E-state index contributed by atoms with van der Waals surface area (Å²) in [6, 6.07) is 0. The molecule has 0 atom stereocenters. The van der Waals surface area contributed by atoms with E-state index in [1.807, 2.05) is 13.1 Å². The second kappa shape index (κ2) is 3.42. The summed E-state index contributed by atoms with van der Waals surface area (Å²) in [5.41, 5.74) is 7.83. The maximum Gasteiger partial charge on any atom is 0.149 e. The van der Waals surface area contributed by atoms with Gasteiger partial charge in [-0.15, -0.1) is 11.3 Å². The molecule has 0 aliphatic rings. The minimum absolute atomic E-state index is 0.591. The van der Waals surface area contributed by atoms with E-state index in [0.29, 0.717) is 5.82 Å². The largest absolute Gasteiger partial charge is 0.382 e. The summed E-state index contributed by atoms with van der Waals surface area (Å²) < 4.78 is 0. The molecular formula is C9H12N4S. The van der Waals surface area contributed by atoms with Crippen LogP contribution in [0.5, 0.6) is 0 Å². The minimum atomic E-state index is 0.591. The van der Waals surface area contributed by atoms with Crippen molar-refractivity contribution in [2.75, 3.05) is 5.73 Å². The van der Waals surface area contributed by atoms with Crippen molar-refractivity contribution in [3.63, 3.8) is 0 Å². The van der Waals surface area contributed by atoms with Crippen molar-refractivity contribution in [3.05, 3.63) is 16.8 Å². The Kier molecular flexibility index (Phi) is 2.25. The highest BCUT2D eigenvalue weighted by molar-refractivity contribution is 7.15. The molecule has 0 spiro atoms. The molecule has 0 fully saturated rings. The van der Waals surface area contributed by atoms with E-state index in [0.717, 1.165) is 27.6 Å². The Morgan fingerprint density at radius 1 is 1.57 bits per heavy atom. The lowest BCUT2D eigenvalue weighted by atomic mass is 10.1. The molecule has 2 rings (SSSR count). The molecule has 0 aliphatic heterocycles. The number of aromatic nitrogens is 3.